The first kappa shape index (κ1) is 17.9. The molecule has 1 aliphatic heterocycles. The van der Waals surface area contributed by atoms with Crippen LogP contribution in [0.4, 0.5) is 0 Å². The van der Waals surface area contributed by atoms with Crippen molar-refractivity contribution >= 4 is 16.2 Å². The van der Waals surface area contributed by atoms with E-state index in [1.807, 2.05) is 38.1 Å². The van der Waals surface area contributed by atoms with Crippen LogP contribution in [0, 0.1) is 12.8 Å². The highest BCUT2D eigenvalue weighted by Crippen LogP contribution is 2.28. The maximum absolute atomic E-state index is 12.8. The Kier molecular flexibility index (Phi) is 5.44. The van der Waals surface area contributed by atoms with Crippen molar-refractivity contribution in [2.24, 2.45) is 5.92 Å². The van der Waals surface area contributed by atoms with Crippen LogP contribution >= 0.6 is 0 Å². The summed E-state index contributed by atoms with van der Waals surface area (Å²) < 4.78 is 28.3. The molecule has 1 aromatic carbocycles. The van der Waals surface area contributed by atoms with Gasteiger partial charge in [-0.1, -0.05) is 24.3 Å². The lowest BCUT2D eigenvalue weighted by Crippen LogP contribution is -2.48. The quantitative estimate of drug-likeness (QED) is 0.889. The molecule has 1 aromatic rings. The summed E-state index contributed by atoms with van der Waals surface area (Å²) in [5, 5.41) is 9.15. The number of nitrogens with zero attached hydrogens (tertiary/aromatic N) is 2. The maximum Gasteiger partial charge on any atom is 0.307 e. The minimum absolute atomic E-state index is 0.0441. The molecule has 0 aliphatic carbocycles. The Hall–Kier alpha value is -1.44. The van der Waals surface area contributed by atoms with E-state index in [4.69, 9.17) is 5.11 Å². The second-order valence-electron chi connectivity index (χ2n) is 6.09. The molecule has 7 heteroatoms. The number of carboxylic acids is 1. The van der Waals surface area contributed by atoms with Gasteiger partial charge < -0.3 is 5.11 Å². The molecule has 0 amide bonds. The van der Waals surface area contributed by atoms with E-state index in [0.717, 1.165) is 11.1 Å². The predicted molar refractivity (Wildman–Crippen MR) is 88.2 cm³/mol. The van der Waals surface area contributed by atoms with Crippen LogP contribution in [0.15, 0.2) is 24.3 Å². The van der Waals surface area contributed by atoms with E-state index < -0.39 is 22.1 Å². The molecule has 23 heavy (non-hydrogen) atoms. The highest BCUT2D eigenvalue weighted by Gasteiger charge is 2.36. The molecule has 1 N–H and O–H groups in total. The molecule has 0 spiro atoms. The number of aliphatic carboxylic acids is 1. The predicted octanol–water partition coefficient (Wildman–Crippen LogP) is 2.03. The van der Waals surface area contributed by atoms with Crippen LogP contribution in [0.1, 0.15) is 36.9 Å². The molecule has 6 nitrogen and oxygen atoms in total. The van der Waals surface area contributed by atoms with Crippen molar-refractivity contribution in [3.63, 3.8) is 0 Å². The van der Waals surface area contributed by atoms with E-state index in [1.54, 1.807) is 7.05 Å². The van der Waals surface area contributed by atoms with Crippen LogP contribution in [-0.4, -0.2) is 48.2 Å². The Morgan fingerprint density at radius 1 is 1.39 bits per heavy atom. The third-order valence-corrected chi connectivity index (χ3v) is 6.64. The van der Waals surface area contributed by atoms with Gasteiger partial charge in [0.25, 0.3) is 10.2 Å². The SMILES string of the molecule is Cc1ccccc1[C@H](C)N(C)S(=O)(=O)N1CCCC(C(=O)O)C1. The molecule has 1 saturated heterocycles. The number of carboxylic acid groups (broad SMARTS) is 1. The number of hydrogen-bond acceptors (Lipinski definition) is 3. The Bertz CT molecular complexity index is 674. The van der Waals surface area contributed by atoms with Crippen LogP contribution in [0.3, 0.4) is 0 Å². The summed E-state index contributed by atoms with van der Waals surface area (Å²) in [5.74, 6) is -1.56. The van der Waals surface area contributed by atoms with E-state index in [1.165, 1.54) is 8.61 Å². The highest BCUT2D eigenvalue weighted by molar-refractivity contribution is 7.86. The van der Waals surface area contributed by atoms with Gasteiger partial charge in [-0.05, 0) is 37.8 Å². The molecule has 1 unspecified atom stereocenters. The van der Waals surface area contributed by atoms with Gasteiger partial charge in [0.1, 0.15) is 0 Å². The van der Waals surface area contributed by atoms with Crippen molar-refractivity contribution in [2.75, 3.05) is 20.1 Å². The topological polar surface area (TPSA) is 77.9 Å². The fourth-order valence-electron chi connectivity index (χ4n) is 2.99. The fourth-order valence-corrected chi connectivity index (χ4v) is 4.59. The minimum atomic E-state index is -3.69. The molecule has 0 radical (unpaired) electrons. The zero-order valence-electron chi connectivity index (χ0n) is 13.8. The van der Waals surface area contributed by atoms with Gasteiger partial charge in [0.15, 0.2) is 0 Å². The first-order valence-electron chi connectivity index (χ1n) is 7.76. The van der Waals surface area contributed by atoms with Gasteiger partial charge in [-0.3, -0.25) is 4.79 Å². The normalized spacial score (nSPS) is 21.3. The Morgan fingerprint density at radius 3 is 2.65 bits per heavy atom. The van der Waals surface area contributed by atoms with Crippen LogP contribution < -0.4 is 0 Å². The maximum atomic E-state index is 12.8. The smallest absolute Gasteiger partial charge is 0.307 e. The minimum Gasteiger partial charge on any atom is -0.481 e. The van der Waals surface area contributed by atoms with Crippen LogP contribution in [-0.2, 0) is 15.0 Å². The number of aryl methyl sites for hydroxylation is 1. The summed E-state index contributed by atoms with van der Waals surface area (Å²) in [7, 11) is -2.14. The van der Waals surface area contributed by atoms with Crippen LogP contribution in [0.5, 0.6) is 0 Å². The standard InChI is InChI=1S/C16H24N2O4S/c1-12-7-4-5-9-15(12)13(2)17(3)23(21,22)18-10-6-8-14(11-18)16(19)20/h4-5,7,9,13-14H,6,8,10-11H2,1-3H3,(H,19,20)/t13-,14?/m0/s1. The third-order valence-electron chi connectivity index (χ3n) is 4.61. The average molecular weight is 340 g/mol. The number of rotatable bonds is 5. The Balaban J connectivity index is 2.21. The first-order valence-corrected chi connectivity index (χ1v) is 9.16. The monoisotopic (exact) mass is 340 g/mol. The van der Waals surface area contributed by atoms with E-state index in [0.29, 0.717) is 19.4 Å². The molecule has 1 aliphatic rings. The molecule has 0 saturated carbocycles. The van der Waals surface area contributed by atoms with Crippen molar-refractivity contribution in [2.45, 2.75) is 32.7 Å². The van der Waals surface area contributed by atoms with Crippen molar-refractivity contribution < 1.29 is 18.3 Å². The Morgan fingerprint density at radius 2 is 2.04 bits per heavy atom. The van der Waals surface area contributed by atoms with Crippen molar-refractivity contribution in [1.82, 2.24) is 8.61 Å². The van der Waals surface area contributed by atoms with Gasteiger partial charge in [-0.25, -0.2) is 0 Å². The lowest BCUT2D eigenvalue weighted by Gasteiger charge is -2.35. The molecular weight excluding hydrogens is 316 g/mol. The molecule has 2 rings (SSSR count). The number of carbonyl (C=O) groups is 1. The number of benzene rings is 1. The van der Waals surface area contributed by atoms with Crippen LogP contribution in [0.2, 0.25) is 0 Å². The molecule has 0 aromatic heterocycles. The fraction of sp³-hybridized carbons (Fsp3) is 0.562. The van der Waals surface area contributed by atoms with Crippen molar-refractivity contribution in [3.05, 3.63) is 35.4 Å². The number of piperidine rings is 1. The van der Waals surface area contributed by atoms with Gasteiger partial charge in [0.05, 0.1) is 5.92 Å². The summed E-state index contributed by atoms with van der Waals surface area (Å²) in [6.07, 6.45) is 1.10. The molecule has 1 fully saturated rings. The summed E-state index contributed by atoms with van der Waals surface area (Å²) in [5.41, 5.74) is 1.98. The molecule has 0 bridgehead atoms. The second kappa shape index (κ2) is 6.98. The Labute approximate surface area is 137 Å². The van der Waals surface area contributed by atoms with E-state index in [2.05, 4.69) is 0 Å². The van der Waals surface area contributed by atoms with Crippen molar-refractivity contribution in [3.8, 4) is 0 Å². The van der Waals surface area contributed by atoms with Gasteiger partial charge in [-0.15, -0.1) is 0 Å². The first-order chi connectivity index (χ1) is 10.7. The van der Waals surface area contributed by atoms with Gasteiger partial charge in [0.2, 0.25) is 0 Å². The van der Waals surface area contributed by atoms with Gasteiger partial charge in [0, 0.05) is 26.2 Å². The molecule has 2 atom stereocenters. The largest absolute Gasteiger partial charge is 0.481 e. The zero-order valence-corrected chi connectivity index (χ0v) is 14.6. The number of hydrogen-bond donors (Lipinski definition) is 1. The molecule has 128 valence electrons. The molecular formula is C16H24N2O4S. The average Bonchev–Trinajstić information content (AvgIpc) is 2.54. The summed E-state index contributed by atoms with van der Waals surface area (Å²) in [4.78, 5) is 11.2. The lowest BCUT2D eigenvalue weighted by atomic mass is 10.0. The van der Waals surface area contributed by atoms with Crippen LogP contribution in [0.25, 0.3) is 0 Å². The van der Waals surface area contributed by atoms with Crippen molar-refractivity contribution in [1.29, 1.82) is 0 Å². The van der Waals surface area contributed by atoms with E-state index in [9.17, 15) is 13.2 Å². The lowest BCUT2D eigenvalue weighted by molar-refractivity contribution is -0.142. The van der Waals surface area contributed by atoms with Gasteiger partial charge in [-0.2, -0.15) is 17.0 Å². The van der Waals surface area contributed by atoms with E-state index >= 15 is 0 Å². The summed E-state index contributed by atoms with van der Waals surface area (Å²) >= 11 is 0. The highest BCUT2D eigenvalue weighted by atomic mass is 32.2. The van der Waals surface area contributed by atoms with Gasteiger partial charge >= 0.3 is 5.97 Å². The zero-order chi connectivity index (χ0) is 17.2. The molecule has 1 heterocycles. The summed E-state index contributed by atoms with van der Waals surface area (Å²) in [6, 6.07) is 7.37. The second-order valence-corrected chi connectivity index (χ2v) is 8.08. The summed E-state index contributed by atoms with van der Waals surface area (Å²) in [6.45, 7) is 4.21. The third kappa shape index (κ3) is 3.73. The van der Waals surface area contributed by atoms with E-state index in [-0.39, 0.29) is 12.6 Å².